The van der Waals surface area contributed by atoms with Gasteiger partial charge in [0, 0.05) is 34.4 Å². The maximum absolute atomic E-state index is 11.2. The van der Waals surface area contributed by atoms with Crippen LogP contribution < -0.4 is 0 Å². The summed E-state index contributed by atoms with van der Waals surface area (Å²) in [4.78, 5) is 11.2. The van der Waals surface area contributed by atoms with Crippen LogP contribution in [0.2, 0.25) is 0 Å². The molecule has 0 amide bonds. The Kier molecular flexibility index (Phi) is 2.20. The number of nitrogens with zero attached hydrogens (tertiary/aromatic N) is 1. The zero-order chi connectivity index (χ0) is 12.0. The van der Waals surface area contributed by atoms with Crippen molar-refractivity contribution in [3.63, 3.8) is 0 Å². The molecule has 0 aliphatic heterocycles. The molecule has 1 aromatic heterocycles. The van der Waals surface area contributed by atoms with Crippen molar-refractivity contribution >= 4 is 38.6 Å². The summed E-state index contributed by atoms with van der Waals surface area (Å²) in [5.74, 6) is 0. The van der Waals surface area contributed by atoms with Gasteiger partial charge in [-0.3, -0.25) is 4.79 Å². The Bertz CT molecular complexity index is 742. The third kappa shape index (κ3) is 1.45. The van der Waals surface area contributed by atoms with Crippen LogP contribution in [0.25, 0.3) is 21.8 Å². The first-order valence-electron chi connectivity index (χ1n) is 5.35. The summed E-state index contributed by atoms with van der Waals surface area (Å²) in [7, 11) is 2.02. The zero-order valence-corrected chi connectivity index (χ0v) is 10.0. The fourth-order valence-corrected chi connectivity index (χ4v) is 2.41. The van der Waals surface area contributed by atoms with Gasteiger partial charge in [-0.05, 0) is 35.9 Å². The average molecular weight is 244 g/mol. The molecule has 0 unspecified atom stereocenters. The number of aromatic nitrogens is 1. The number of para-hydroxylation sites is 1. The van der Waals surface area contributed by atoms with E-state index in [4.69, 9.17) is 11.6 Å². The molecule has 2 aromatic carbocycles. The predicted molar refractivity (Wildman–Crippen MR) is 70.6 cm³/mol. The minimum atomic E-state index is -0.417. The Morgan fingerprint density at radius 2 is 1.76 bits per heavy atom. The fraction of sp³-hybridized carbons (Fsp3) is 0.0714. The number of hydrogen-bond donors (Lipinski definition) is 0. The van der Waals surface area contributed by atoms with Crippen molar-refractivity contribution in [1.29, 1.82) is 0 Å². The molecule has 3 aromatic rings. The van der Waals surface area contributed by atoms with E-state index in [1.54, 1.807) is 6.07 Å². The molecule has 0 aliphatic rings. The van der Waals surface area contributed by atoms with E-state index in [2.05, 4.69) is 16.7 Å². The number of fused-ring (bicyclic) bond motifs is 3. The minimum absolute atomic E-state index is 0.417. The maximum Gasteiger partial charge on any atom is 0.252 e. The monoisotopic (exact) mass is 243 g/mol. The lowest BCUT2D eigenvalue weighted by molar-refractivity contribution is 0.108. The molecule has 0 N–H and O–H groups in total. The molecule has 3 rings (SSSR count). The van der Waals surface area contributed by atoms with Crippen molar-refractivity contribution < 1.29 is 4.79 Å². The van der Waals surface area contributed by atoms with Gasteiger partial charge < -0.3 is 4.57 Å². The van der Waals surface area contributed by atoms with E-state index >= 15 is 0 Å². The number of hydrogen-bond acceptors (Lipinski definition) is 1. The number of halogens is 1. The van der Waals surface area contributed by atoms with E-state index in [-0.39, 0.29) is 0 Å². The molecule has 2 nitrogen and oxygen atoms in total. The Labute approximate surface area is 103 Å². The van der Waals surface area contributed by atoms with Crippen molar-refractivity contribution in [1.82, 2.24) is 4.57 Å². The van der Waals surface area contributed by atoms with Gasteiger partial charge in [0.2, 0.25) is 0 Å². The predicted octanol–water partition coefficient (Wildman–Crippen LogP) is 3.71. The molecule has 1 heterocycles. The summed E-state index contributed by atoms with van der Waals surface area (Å²) in [6.07, 6.45) is 0. The van der Waals surface area contributed by atoms with Crippen LogP contribution in [0.15, 0.2) is 42.5 Å². The Morgan fingerprint density at radius 3 is 2.53 bits per heavy atom. The maximum atomic E-state index is 11.2. The van der Waals surface area contributed by atoms with E-state index in [9.17, 15) is 4.79 Å². The summed E-state index contributed by atoms with van der Waals surface area (Å²) in [6.45, 7) is 0. The highest BCUT2D eigenvalue weighted by atomic mass is 35.5. The summed E-state index contributed by atoms with van der Waals surface area (Å²) < 4.78 is 2.12. The first-order valence-corrected chi connectivity index (χ1v) is 5.73. The van der Waals surface area contributed by atoms with Crippen LogP contribution in [-0.2, 0) is 7.05 Å². The number of carbonyl (C=O) groups excluding carboxylic acids is 1. The number of aryl methyl sites for hydroxylation is 1. The molecule has 3 heteroatoms. The normalized spacial score (nSPS) is 11.2. The largest absolute Gasteiger partial charge is 0.344 e. The molecule has 0 saturated heterocycles. The van der Waals surface area contributed by atoms with Gasteiger partial charge >= 0.3 is 0 Å². The van der Waals surface area contributed by atoms with Crippen LogP contribution in [0.5, 0.6) is 0 Å². The van der Waals surface area contributed by atoms with Crippen molar-refractivity contribution in [2.45, 2.75) is 0 Å². The molecule has 0 spiro atoms. The Balaban J connectivity index is 2.50. The van der Waals surface area contributed by atoms with Gasteiger partial charge in [0.1, 0.15) is 0 Å². The number of benzene rings is 2. The van der Waals surface area contributed by atoms with Gasteiger partial charge in [0.05, 0.1) is 0 Å². The first-order chi connectivity index (χ1) is 8.18. The second-order valence-electron chi connectivity index (χ2n) is 4.08. The van der Waals surface area contributed by atoms with Crippen LogP contribution in [0.4, 0.5) is 0 Å². The molecule has 0 atom stereocenters. The highest BCUT2D eigenvalue weighted by Crippen LogP contribution is 2.28. The molecule has 0 radical (unpaired) electrons. The zero-order valence-electron chi connectivity index (χ0n) is 9.27. The van der Waals surface area contributed by atoms with Gasteiger partial charge in [0.25, 0.3) is 5.24 Å². The summed E-state index contributed by atoms with van der Waals surface area (Å²) in [5.41, 5.74) is 2.80. The lowest BCUT2D eigenvalue weighted by Crippen LogP contribution is -1.89. The molecular formula is C14H10ClNO. The van der Waals surface area contributed by atoms with Crippen molar-refractivity contribution in [2.75, 3.05) is 0 Å². The van der Waals surface area contributed by atoms with E-state index in [0.717, 1.165) is 21.8 Å². The third-order valence-electron chi connectivity index (χ3n) is 3.14. The van der Waals surface area contributed by atoms with E-state index in [1.807, 2.05) is 31.3 Å². The second kappa shape index (κ2) is 3.60. The molecule has 0 aliphatic carbocycles. The Hall–Kier alpha value is -1.80. The van der Waals surface area contributed by atoms with Crippen molar-refractivity contribution in [3.8, 4) is 0 Å². The highest BCUT2D eigenvalue weighted by molar-refractivity contribution is 6.67. The lowest BCUT2D eigenvalue weighted by atomic mass is 10.1. The summed E-state index contributed by atoms with van der Waals surface area (Å²) in [5, 5.41) is 1.79. The third-order valence-corrected chi connectivity index (χ3v) is 3.36. The second-order valence-corrected chi connectivity index (χ2v) is 4.43. The van der Waals surface area contributed by atoms with E-state index in [0.29, 0.717) is 5.56 Å². The van der Waals surface area contributed by atoms with Gasteiger partial charge in [-0.15, -0.1) is 0 Å². The molecule has 0 fully saturated rings. The first kappa shape index (κ1) is 10.4. The van der Waals surface area contributed by atoms with Crippen molar-refractivity contribution in [2.24, 2.45) is 7.05 Å². The smallest absolute Gasteiger partial charge is 0.252 e. The van der Waals surface area contributed by atoms with E-state index < -0.39 is 5.24 Å². The number of carbonyl (C=O) groups is 1. The fourth-order valence-electron chi connectivity index (χ4n) is 2.29. The topological polar surface area (TPSA) is 22.0 Å². The quantitative estimate of drug-likeness (QED) is 0.597. The van der Waals surface area contributed by atoms with Crippen LogP contribution in [0.3, 0.4) is 0 Å². The van der Waals surface area contributed by atoms with Gasteiger partial charge in [-0.25, -0.2) is 0 Å². The summed E-state index contributed by atoms with van der Waals surface area (Å²) in [6, 6.07) is 13.7. The molecule has 17 heavy (non-hydrogen) atoms. The molecule has 0 bridgehead atoms. The van der Waals surface area contributed by atoms with Gasteiger partial charge in [-0.1, -0.05) is 18.2 Å². The molecular weight excluding hydrogens is 234 g/mol. The van der Waals surface area contributed by atoms with Crippen LogP contribution in [-0.4, -0.2) is 9.81 Å². The van der Waals surface area contributed by atoms with Crippen LogP contribution >= 0.6 is 11.6 Å². The summed E-state index contributed by atoms with van der Waals surface area (Å²) >= 11 is 5.52. The Morgan fingerprint density at radius 1 is 1.06 bits per heavy atom. The lowest BCUT2D eigenvalue weighted by Gasteiger charge is -1.98. The number of rotatable bonds is 1. The molecule has 84 valence electrons. The minimum Gasteiger partial charge on any atom is -0.344 e. The van der Waals surface area contributed by atoms with Gasteiger partial charge in [0.15, 0.2) is 0 Å². The highest BCUT2D eigenvalue weighted by Gasteiger charge is 2.09. The SMILES string of the molecule is Cn1c2ccccc2c2cc(C(=O)Cl)ccc21. The van der Waals surface area contributed by atoms with Crippen molar-refractivity contribution in [3.05, 3.63) is 48.0 Å². The standard InChI is InChI=1S/C14H10ClNO/c1-16-12-5-3-2-4-10(12)11-8-9(14(15)17)6-7-13(11)16/h2-8H,1H3. The van der Waals surface area contributed by atoms with Gasteiger partial charge in [-0.2, -0.15) is 0 Å². The average Bonchev–Trinajstić information content (AvgIpc) is 2.64. The van der Waals surface area contributed by atoms with E-state index in [1.165, 1.54) is 0 Å². The van der Waals surface area contributed by atoms with Crippen LogP contribution in [0, 0.1) is 0 Å². The van der Waals surface area contributed by atoms with Crippen LogP contribution in [0.1, 0.15) is 10.4 Å². The molecule has 0 saturated carbocycles.